The van der Waals surface area contributed by atoms with Crippen LogP contribution in [0.4, 0.5) is 5.69 Å². The zero-order chi connectivity index (χ0) is 16.9. The number of rotatable bonds is 5. The van der Waals surface area contributed by atoms with Crippen molar-refractivity contribution in [2.75, 3.05) is 5.32 Å². The Hall–Kier alpha value is -2.81. The monoisotopic (exact) mass is 319 g/mol. The molecule has 0 saturated carbocycles. The summed E-state index contributed by atoms with van der Waals surface area (Å²) in [4.78, 5) is 12.7. The maximum Gasteiger partial charge on any atom is 0.265 e. The molecule has 1 N–H and O–H groups in total. The van der Waals surface area contributed by atoms with Gasteiger partial charge in [0.2, 0.25) is 0 Å². The summed E-state index contributed by atoms with van der Waals surface area (Å²) in [6.45, 7) is 3.93. The minimum Gasteiger partial charge on any atom is -0.480 e. The molecule has 1 amide bonds. The number of hydrogen-bond donors (Lipinski definition) is 1. The fourth-order valence-electron chi connectivity index (χ4n) is 2.71. The molecule has 0 saturated heterocycles. The summed E-state index contributed by atoms with van der Waals surface area (Å²) in [6.07, 6.45) is 0.0790. The van der Waals surface area contributed by atoms with Gasteiger partial charge >= 0.3 is 0 Å². The third kappa shape index (κ3) is 3.40. The Balaban J connectivity index is 1.80. The first kappa shape index (κ1) is 16.1. The van der Waals surface area contributed by atoms with Crippen LogP contribution in [0.3, 0.4) is 0 Å². The van der Waals surface area contributed by atoms with Crippen molar-refractivity contribution < 1.29 is 9.53 Å². The number of benzene rings is 3. The Labute approximate surface area is 142 Å². The molecule has 0 heterocycles. The van der Waals surface area contributed by atoms with Gasteiger partial charge < -0.3 is 10.1 Å². The minimum absolute atomic E-state index is 0.128. The lowest BCUT2D eigenvalue weighted by molar-refractivity contribution is -0.122. The van der Waals surface area contributed by atoms with E-state index in [-0.39, 0.29) is 5.91 Å². The first-order valence-electron chi connectivity index (χ1n) is 8.20. The molecule has 122 valence electrons. The average molecular weight is 319 g/mol. The number of fused-ring (bicyclic) bond motifs is 1. The summed E-state index contributed by atoms with van der Waals surface area (Å²) in [5.74, 6) is 0.620. The van der Waals surface area contributed by atoms with Crippen molar-refractivity contribution in [3.63, 3.8) is 0 Å². The van der Waals surface area contributed by atoms with Gasteiger partial charge in [0, 0.05) is 11.1 Å². The van der Waals surface area contributed by atoms with Gasteiger partial charge in [0.1, 0.15) is 5.75 Å². The van der Waals surface area contributed by atoms with Crippen LogP contribution in [0.25, 0.3) is 10.8 Å². The molecule has 0 aliphatic rings. The Kier molecular flexibility index (Phi) is 4.80. The number of anilines is 1. The summed E-state index contributed by atoms with van der Waals surface area (Å²) >= 11 is 0. The summed E-state index contributed by atoms with van der Waals surface area (Å²) in [5.41, 5.74) is 1.83. The molecular weight excluding hydrogens is 298 g/mol. The molecule has 3 aromatic carbocycles. The second-order valence-electron chi connectivity index (χ2n) is 5.80. The summed E-state index contributed by atoms with van der Waals surface area (Å²) < 4.78 is 5.93. The van der Waals surface area contributed by atoms with Gasteiger partial charge in [-0.05, 0) is 36.4 Å². The highest BCUT2D eigenvalue weighted by Gasteiger charge is 2.19. The Morgan fingerprint density at radius 3 is 2.50 bits per heavy atom. The fraction of sp³-hybridized carbons (Fsp3) is 0.190. The van der Waals surface area contributed by atoms with Crippen molar-refractivity contribution in [1.82, 2.24) is 0 Å². The molecule has 3 aromatic rings. The molecule has 0 bridgehead atoms. The van der Waals surface area contributed by atoms with Crippen molar-refractivity contribution in [2.24, 2.45) is 0 Å². The number of amides is 1. The molecule has 1 atom stereocenters. The lowest BCUT2D eigenvalue weighted by atomic mass is 10.1. The van der Waals surface area contributed by atoms with Gasteiger partial charge in [-0.2, -0.15) is 0 Å². The van der Waals surface area contributed by atoms with Crippen molar-refractivity contribution in [2.45, 2.75) is 26.4 Å². The van der Waals surface area contributed by atoms with Crippen LogP contribution in [0.2, 0.25) is 0 Å². The van der Waals surface area contributed by atoms with Crippen LogP contribution in [0.15, 0.2) is 66.7 Å². The molecule has 0 aliphatic carbocycles. The number of aryl methyl sites for hydroxylation is 1. The van der Waals surface area contributed by atoms with Crippen molar-refractivity contribution in [1.29, 1.82) is 0 Å². The van der Waals surface area contributed by atoms with Gasteiger partial charge in [0.05, 0.1) is 0 Å². The zero-order valence-corrected chi connectivity index (χ0v) is 14.0. The van der Waals surface area contributed by atoms with Gasteiger partial charge in [-0.15, -0.1) is 0 Å². The van der Waals surface area contributed by atoms with Crippen molar-refractivity contribution in [3.05, 3.63) is 72.3 Å². The third-order valence-corrected chi connectivity index (χ3v) is 4.07. The number of carbonyl (C=O) groups is 1. The highest BCUT2D eigenvalue weighted by molar-refractivity contribution is 6.03. The average Bonchev–Trinajstić information content (AvgIpc) is 2.61. The van der Waals surface area contributed by atoms with Gasteiger partial charge in [0.15, 0.2) is 6.10 Å². The quantitative estimate of drug-likeness (QED) is 0.723. The number of para-hydroxylation sites is 1. The van der Waals surface area contributed by atoms with E-state index in [4.69, 9.17) is 4.74 Å². The van der Waals surface area contributed by atoms with Gasteiger partial charge in [-0.1, -0.05) is 61.5 Å². The van der Waals surface area contributed by atoms with Gasteiger partial charge in [-0.3, -0.25) is 4.79 Å². The van der Waals surface area contributed by atoms with E-state index in [9.17, 15) is 4.79 Å². The Morgan fingerprint density at radius 2 is 1.71 bits per heavy atom. The van der Waals surface area contributed by atoms with E-state index in [0.29, 0.717) is 6.42 Å². The molecule has 0 spiro atoms. The molecule has 0 aliphatic heterocycles. The third-order valence-electron chi connectivity index (χ3n) is 4.07. The standard InChI is InChI=1S/C21H21NO2/c1-3-19(24-20-14-7-4-9-15(20)2)21(23)22-18-13-8-11-16-10-5-6-12-17(16)18/h4-14,19H,3H2,1-2H3,(H,22,23). The summed E-state index contributed by atoms with van der Waals surface area (Å²) in [6, 6.07) is 21.6. The van der Waals surface area contributed by atoms with Gasteiger partial charge in [-0.25, -0.2) is 0 Å². The minimum atomic E-state index is -0.523. The summed E-state index contributed by atoms with van der Waals surface area (Å²) in [5, 5.41) is 5.14. The maximum atomic E-state index is 12.7. The van der Waals surface area contributed by atoms with Crippen LogP contribution >= 0.6 is 0 Å². The lowest BCUT2D eigenvalue weighted by Crippen LogP contribution is -2.32. The largest absolute Gasteiger partial charge is 0.480 e. The van der Waals surface area contributed by atoms with Crippen molar-refractivity contribution >= 4 is 22.4 Å². The molecular formula is C21H21NO2. The highest BCUT2D eigenvalue weighted by atomic mass is 16.5. The zero-order valence-electron chi connectivity index (χ0n) is 14.0. The van der Waals surface area contributed by atoms with Crippen molar-refractivity contribution in [3.8, 4) is 5.75 Å². The number of ether oxygens (including phenoxy) is 1. The lowest BCUT2D eigenvalue weighted by Gasteiger charge is -2.19. The highest BCUT2D eigenvalue weighted by Crippen LogP contribution is 2.24. The van der Waals surface area contributed by atoms with E-state index in [2.05, 4.69) is 5.32 Å². The van der Waals surface area contributed by atoms with E-state index in [1.165, 1.54) is 0 Å². The van der Waals surface area contributed by atoms with Crippen LogP contribution in [0.5, 0.6) is 5.75 Å². The predicted octanol–water partition coefficient (Wildman–Crippen LogP) is 4.94. The van der Waals surface area contributed by atoms with E-state index in [0.717, 1.165) is 27.8 Å². The number of carbonyl (C=O) groups excluding carboxylic acids is 1. The van der Waals surface area contributed by atoms with E-state index >= 15 is 0 Å². The van der Waals surface area contributed by atoms with Crippen LogP contribution in [0.1, 0.15) is 18.9 Å². The van der Waals surface area contributed by atoms with Crippen LogP contribution in [0, 0.1) is 6.92 Å². The molecule has 1 unspecified atom stereocenters. The molecule has 3 nitrogen and oxygen atoms in total. The van der Waals surface area contributed by atoms with E-state index < -0.39 is 6.10 Å². The molecule has 0 aromatic heterocycles. The van der Waals surface area contributed by atoms with Crippen LogP contribution in [-0.2, 0) is 4.79 Å². The first-order valence-corrected chi connectivity index (χ1v) is 8.20. The Morgan fingerprint density at radius 1 is 1.00 bits per heavy atom. The maximum absolute atomic E-state index is 12.7. The molecule has 24 heavy (non-hydrogen) atoms. The normalized spacial score (nSPS) is 11.9. The van der Waals surface area contributed by atoms with E-state index in [1.54, 1.807) is 0 Å². The van der Waals surface area contributed by atoms with Crippen LogP contribution < -0.4 is 10.1 Å². The molecule has 0 radical (unpaired) electrons. The van der Waals surface area contributed by atoms with E-state index in [1.807, 2.05) is 80.6 Å². The Bertz CT molecular complexity index is 852. The SMILES string of the molecule is CCC(Oc1ccccc1C)C(=O)Nc1cccc2ccccc12. The predicted molar refractivity (Wildman–Crippen MR) is 98.5 cm³/mol. The molecule has 3 heteroatoms. The fourth-order valence-corrected chi connectivity index (χ4v) is 2.71. The summed E-state index contributed by atoms with van der Waals surface area (Å²) in [7, 11) is 0. The van der Waals surface area contributed by atoms with Gasteiger partial charge in [0.25, 0.3) is 5.91 Å². The smallest absolute Gasteiger partial charge is 0.265 e. The number of nitrogens with one attached hydrogen (secondary N) is 1. The topological polar surface area (TPSA) is 38.3 Å². The second kappa shape index (κ2) is 7.18. The first-order chi connectivity index (χ1) is 11.7. The molecule has 0 fully saturated rings. The molecule has 3 rings (SSSR count). The second-order valence-corrected chi connectivity index (χ2v) is 5.80. The van der Waals surface area contributed by atoms with Crippen LogP contribution in [-0.4, -0.2) is 12.0 Å². The number of hydrogen-bond acceptors (Lipinski definition) is 2.